The van der Waals surface area contributed by atoms with Gasteiger partial charge >= 0.3 is 6.09 Å². The van der Waals surface area contributed by atoms with Crippen molar-refractivity contribution in [2.75, 3.05) is 18.5 Å². The van der Waals surface area contributed by atoms with E-state index in [1.165, 1.54) is 0 Å². The zero-order chi connectivity index (χ0) is 21.3. The number of benzene rings is 2. The first-order chi connectivity index (χ1) is 13.7. The fourth-order valence-electron chi connectivity index (χ4n) is 2.58. The number of carbonyl (C=O) groups is 2. The molecule has 1 atom stereocenters. The van der Waals surface area contributed by atoms with Crippen LogP contribution in [-0.2, 0) is 9.47 Å². The molecule has 2 aromatic rings. The van der Waals surface area contributed by atoms with Crippen molar-refractivity contribution in [2.45, 2.75) is 45.8 Å². The maximum Gasteiger partial charge on any atom is 0.412 e. The summed E-state index contributed by atoms with van der Waals surface area (Å²) in [5, 5.41) is 5.51. The van der Waals surface area contributed by atoms with Gasteiger partial charge in [-0.15, -0.1) is 0 Å². The highest BCUT2D eigenvalue weighted by atomic mass is 16.6. The number of anilines is 1. The molecule has 6 nitrogen and oxygen atoms in total. The van der Waals surface area contributed by atoms with Crippen LogP contribution in [0.5, 0.6) is 0 Å². The van der Waals surface area contributed by atoms with E-state index in [0.717, 1.165) is 12.0 Å². The van der Waals surface area contributed by atoms with E-state index in [2.05, 4.69) is 10.6 Å². The summed E-state index contributed by atoms with van der Waals surface area (Å²) >= 11 is 0. The van der Waals surface area contributed by atoms with Gasteiger partial charge in [0.15, 0.2) is 0 Å². The van der Waals surface area contributed by atoms with Gasteiger partial charge in [-0.25, -0.2) is 4.79 Å². The van der Waals surface area contributed by atoms with E-state index >= 15 is 0 Å². The third-order valence-corrected chi connectivity index (χ3v) is 4.04. The number of hydrogen-bond donors (Lipinski definition) is 2. The molecule has 0 aromatic heterocycles. The number of ether oxygens (including phenoxy) is 2. The van der Waals surface area contributed by atoms with Crippen molar-refractivity contribution in [2.24, 2.45) is 0 Å². The Bertz CT molecular complexity index is 783. The van der Waals surface area contributed by atoms with E-state index in [9.17, 15) is 9.59 Å². The molecule has 2 amide bonds. The first kappa shape index (κ1) is 22.4. The minimum Gasteiger partial charge on any atom is -0.444 e. The lowest BCUT2D eigenvalue weighted by molar-refractivity contribution is 0.0630. The minimum absolute atomic E-state index is 0.0249. The van der Waals surface area contributed by atoms with Crippen molar-refractivity contribution in [3.8, 4) is 0 Å². The summed E-state index contributed by atoms with van der Waals surface area (Å²) in [6, 6.07) is 16.7. The van der Waals surface area contributed by atoms with E-state index in [0.29, 0.717) is 24.4 Å². The van der Waals surface area contributed by atoms with Crippen LogP contribution in [0, 0.1) is 0 Å². The number of rotatable bonds is 8. The third-order valence-electron chi connectivity index (χ3n) is 4.04. The molecule has 0 spiro atoms. The van der Waals surface area contributed by atoms with Crippen molar-refractivity contribution >= 4 is 17.7 Å². The summed E-state index contributed by atoms with van der Waals surface area (Å²) in [5.41, 5.74) is 1.67. The molecule has 2 rings (SSSR count). The van der Waals surface area contributed by atoms with E-state index in [1.807, 2.05) is 37.3 Å². The molecule has 1 unspecified atom stereocenters. The second-order valence-corrected chi connectivity index (χ2v) is 7.74. The van der Waals surface area contributed by atoms with Gasteiger partial charge < -0.3 is 14.8 Å². The second-order valence-electron chi connectivity index (χ2n) is 7.74. The largest absolute Gasteiger partial charge is 0.444 e. The number of hydrogen-bond acceptors (Lipinski definition) is 4. The molecule has 29 heavy (non-hydrogen) atoms. The molecule has 0 saturated heterocycles. The highest BCUT2D eigenvalue weighted by Crippen LogP contribution is 2.16. The zero-order valence-electron chi connectivity index (χ0n) is 17.5. The molecular formula is C23H30N2O4. The average molecular weight is 399 g/mol. The van der Waals surface area contributed by atoms with Crippen molar-refractivity contribution in [1.29, 1.82) is 0 Å². The lowest BCUT2D eigenvalue weighted by atomic mass is 10.1. The third kappa shape index (κ3) is 8.35. The van der Waals surface area contributed by atoms with Gasteiger partial charge in [0.2, 0.25) is 0 Å². The van der Waals surface area contributed by atoms with Crippen LogP contribution in [0.25, 0.3) is 0 Å². The fraction of sp³-hybridized carbons (Fsp3) is 0.391. The van der Waals surface area contributed by atoms with Crippen LogP contribution in [-0.4, -0.2) is 30.8 Å². The molecular weight excluding hydrogens is 368 g/mol. The first-order valence-corrected chi connectivity index (χ1v) is 9.79. The Labute approximate surface area is 172 Å². The topological polar surface area (TPSA) is 76.7 Å². The van der Waals surface area contributed by atoms with Crippen LogP contribution in [0.1, 0.15) is 56.1 Å². The number of nitrogens with one attached hydrogen (secondary N) is 2. The molecule has 2 N–H and O–H groups in total. The number of amides is 2. The maximum atomic E-state index is 12.2. The summed E-state index contributed by atoms with van der Waals surface area (Å²) < 4.78 is 11.0. The summed E-state index contributed by atoms with van der Waals surface area (Å²) in [6.45, 7) is 8.50. The normalized spacial score (nSPS) is 12.1. The molecule has 156 valence electrons. The van der Waals surface area contributed by atoms with Gasteiger partial charge in [-0.05, 0) is 63.9 Å². The monoisotopic (exact) mass is 398 g/mol. The van der Waals surface area contributed by atoms with Gasteiger partial charge in [0.25, 0.3) is 5.91 Å². The Morgan fingerprint density at radius 2 is 1.66 bits per heavy atom. The quantitative estimate of drug-likeness (QED) is 0.618. The molecule has 0 bridgehead atoms. The van der Waals surface area contributed by atoms with Gasteiger partial charge in [0.05, 0.1) is 6.10 Å². The Morgan fingerprint density at radius 1 is 1.00 bits per heavy atom. The van der Waals surface area contributed by atoms with Crippen molar-refractivity contribution in [3.63, 3.8) is 0 Å². The molecule has 0 aliphatic rings. The van der Waals surface area contributed by atoms with Crippen molar-refractivity contribution in [3.05, 3.63) is 65.7 Å². The van der Waals surface area contributed by atoms with Crippen LogP contribution in [0.3, 0.4) is 0 Å². The van der Waals surface area contributed by atoms with Gasteiger partial charge in [-0.1, -0.05) is 30.3 Å². The Hall–Kier alpha value is -2.86. The van der Waals surface area contributed by atoms with Crippen molar-refractivity contribution in [1.82, 2.24) is 5.32 Å². The first-order valence-electron chi connectivity index (χ1n) is 9.79. The molecule has 0 saturated carbocycles. The molecule has 0 fully saturated rings. The Morgan fingerprint density at radius 3 is 2.28 bits per heavy atom. The van der Waals surface area contributed by atoms with E-state index in [-0.39, 0.29) is 12.0 Å². The summed E-state index contributed by atoms with van der Waals surface area (Å²) in [7, 11) is 0. The predicted molar refractivity (Wildman–Crippen MR) is 114 cm³/mol. The van der Waals surface area contributed by atoms with Gasteiger partial charge in [-0.3, -0.25) is 10.1 Å². The van der Waals surface area contributed by atoms with Gasteiger partial charge in [-0.2, -0.15) is 0 Å². The van der Waals surface area contributed by atoms with Crippen LogP contribution in [0.2, 0.25) is 0 Å². The maximum absolute atomic E-state index is 12.2. The zero-order valence-corrected chi connectivity index (χ0v) is 17.5. The summed E-state index contributed by atoms with van der Waals surface area (Å²) in [5.74, 6) is -0.162. The second kappa shape index (κ2) is 10.6. The average Bonchev–Trinajstić information content (AvgIpc) is 2.67. The Kier molecular flexibility index (Phi) is 8.21. The smallest absolute Gasteiger partial charge is 0.412 e. The van der Waals surface area contributed by atoms with Crippen molar-refractivity contribution < 1.29 is 19.1 Å². The van der Waals surface area contributed by atoms with E-state index < -0.39 is 11.7 Å². The molecule has 0 heterocycles. The standard InChI is InChI=1S/C23H30N2O4/c1-17(18-9-6-5-7-10-18)28-16-8-15-24-21(26)19-11-13-20(14-12-19)25-22(27)29-23(2,3)4/h5-7,9-14,17H,8,15-16H2,1-4H3,(H,24,26)(H,25,27). The lowest BCUT2D eigenvalue weighted by Gasteiger charge is -2.19. The van der Waals surface area contributed by atoms with Crippen LogP contribution in [0.15, 0.2) is 54.6 Å². The molecule has 0 aliphatic heterocycles. The molecule has 2 aromatic carbocycles. The fourth-order valence-corrected chi connectivity index (χ4v) is 2.58. The SMILES string of the molecule is CC(OCCCNC(=O)c1ccc(NC(=O)OC(C)(C)C)cc1)c1ccccc1. The lowest BCUT2D eigenvalue weighted by Crippen LogP contribution is -2.27. The van der Waals surface area contributed by atoms with Crippen LogP contribution in [0.4, 0.5) is 10.5 Å². The highest BCUT2D eigenvalue weighted by molar-refractivity contribution is 5.95. The number of carbonyl (C=O) groups excluding carboxylic acids is 2. The molecule has 6 heteroatoms. The van der Waals surface area contributed by atoms with E-state index in [1.54, 1.807) is 45.0 Å². The summed E-state index contributed by atoms with van der Waals surface area (Å²) in [4.78, 5) is 24.0. The molecule has 0 radical (unpaired) electrons. The van der Waals surface area contributed by atoms with Crippen LogP contribution < -0.4 is 10.6 Å². The van der Waals surface area contributed by atoms with Gasteiger partial charge in [0.1, 0.15) is 5.60 Å². The highest BCUT2D eigenvalue weighted by Gasteiger charge is 2.16. The van der Waals surface area contributed by atoms with Crippen LogP contribution >= 0.6 is 0 Å². The predicted octanol–water partition coefficient (Wildman–Crippen LogP) is 4.93. The Balaban J connectivity index is 1.69. The van der Waals surface area contributed by atoms with Gasteiger partial charge in [0, 0.05) is 24.4 Å². The minimum atomic E-state index is -0.563. The molecule has 0 aliphatic carbocycles. The van der Waals surface area contributed by atoms with E-state index in [4.69, 9.17) is 9.47 Å². The summed E-state index contributed by atoms with van der Waals surface area (Å²) in [6.07, 6.45) is 0.220.